The molecule has 0 bridgehead atoms. The van der Waals surface area contributed by atoms with Crippen LogP contribution in [0.1, 0.15) is 6.42 Å². The first-order valence-corrected chi connectivity index (χ1v) is 7.57. The molecule has 0 spiro atoms. The number of nitrogens with zero attached hydrogens (tertiary/aromatic N) is 3. The summed E-state index contributed by atoms with van der Waals surface area (Å²) in [6.45, 7) is 4.28. The van der Waals surface area contributed by atoms with Crippen molar-refractivity contribution in [3.05, 3.63) is 30.3 Å². The molecule has 0 amide bonds. The van der Waals surface area contributed by atoms with Crippen LogP contribution in [0.5, 0.6) is 0 Å². The van der Waals surface area contributed by atoms with Crippen LogP contribution in [0.2, 0.25) is 0 Å². The summed E-state index contributed by atoms with van der Waals surface area (Å²) < 4.78 is 4.64. The lowest BCUT2D eigenvalue weighted by molar-refractivity contribution is -0.140. The van der Waals surface area contributed by atoms with Gasteiger partial charge in [-0.1, -0.05) is 18.2 Å². The molecule has 1 N–H and O–H groups in total. The molecule has 0 saturated carbocycles. The third-order valence-corrected chi connectivity index (χ3v) is 3.75. The second-order valence-corrected chi connectivity index (χ2v) is 5.11. The van der Waals surface area contributed by atoms with E-state index in [1.54, 1.807) is 7.05 Å². The minimum Gasteiger partial charge on any atom is -0.469 e. The molecule has 2 rings (SSSR count). The second kappa shape index (κ2) is 10.3. The van der Waals surface area contributed by atoms with E-state index < -0.39 is 0 Å². The molecular weight excluding hydrogens is 407 g/mol. The van der Waals surface area contributed by atoms with Crippen molar-refractivity contribution in [1.82, 2.24) is 10.2 Å². The highest BCUT2D eigenvalue weighted by molar-refractivity contribution is 14.0. The van der Waals surface area contributed by atoms with Gasteiger partial charge in [0.2, 0.25) is 0 Å². The van der Waals surface area contributed by atoms with Gasteiger partial charge in [0.15, 0.2) is 5.96 Å². The zero-order valence-electron chi connectivity index (χ0n) is 13.7. The molecule has 1 aliphatic rings. The second-order valence-electron chi connectivity index (χ2n) is 5.11. The topological polar surface area (TPSA) is 57.2 Å². The molecule has 128 valence electrons. The Kier molecular flexibility index (Phi) is 8.75. The summed E-state index contributed by atoms with van der Waals surface area (Å²) in [5.41, 5.74) is 1.26. The lowest BCUT2D eigenvalue weighted by Gasteiger charge is -2.37. The minimum atomic E-state index is -0.211. The molecule has 0 aromatic heterocycles. The van der Waals surface area contributed by atoms with Crippen molar-refractivity contribution in [2.45, 2.75) is 6.42 Å². The standard InChI is InChI=1S/C16H24N4O2.HI/c1-17-16(18-9-8-15(21)22-2)20-12-10-19(11-13-20)14-6-4-3-5-7-14;/h3-7H,8-13H2,1-2H3,(H,17,18);1H. The number of esters is 1. The van der Waals surface area contributed by atoms with Crippen LogP contribution >= 0.6 is 24.0 Å². The molecule has 1 aromatic carbocycles. The Balaban J connectivity index is 0.00000264. The maximum absolute atomic E-state index is 11.1. The van der Waals surface area contributed by atoms with Crippen molar-refractivity contribution in [2.24, 2.45) is 4.99 Å². The Bertz CT molecular complexity index is 502. The zero-order chi connectivity index (χ0) is 15.8. The van der Waals surface area contributed by atoms with E-state index in [1.165, 1.54) is 12.8 Å². The Morgan fingerprint density at radius 1 is 1.22 bits per heavy atom. The molecular formula is C16H25IN4O2. The van der Waals surface area contributed by atoms with Gasteiger partial charge in [-0.25, -0.2) is 0 Å². The molecule has 1 aliphatic heterocycles. The Hall–Kier alpha value is -1.51. The first kappa shape index (κ1) is 19.5. The molecule has 0 radical (unpaired) electrons. The van der Waals surface area contributed by atoms with Gasteiger partial charge in [0, 0.05) is 45.5 Å². The van der Waals surface area contributed by atoms with Crippen LogP contribution in [0, 0.1) is 0 Å². The number of aliphatic imine (C=N–C) groups is 1. The highest BCUT2D eigenvalue weighted by Gasteiger charge is 2.19. The largest absolute Gasteiger partial charge is 0.469 e. The van der Waals surface area contributed by atoms with Gasteiger partial charge in [0.1, 0.15) is 0 Å². The lowest BCUT2D eigenvalue weighted by atomic mass is 10.2. The molecule has 1 aromatic rings. The monoisotopic (exact) mass is 432 g/mol. The third kappa shape index (κ3) is 5.89. The first-order chi connectivity index (χ1) is 10.7. The van der Waals surface area contributed by atoms with E-state index >= 15 is 0 Å². The highest BCUT2D eigenvalue weighted by atomic mass is 127. The van der Waals surface area contributed by atoms with Crippen molar-refractivity contribution in [1.29, 1.82) is 0 Å². The van der Waals surface area contributed by atoms with Gasteiger partial charge in [-0.3, -0.25) is 9.79 Å². The van der Waals surface area contributed by atoms with Gasteiger partial charge in [-0.2, -0.15) is 0 Å². The van der Waals surface area contributed by atoms with Crippen molar-refractivity contribution >= 4 is 41.6 Å². The van der Waals surface area contributed by atoms with E-state index in [0.717, 1.165) is 32.1 Å². The van der Waals surface area contributed by atoms with Crippen LogP contribution in [-0.4, -0.2) is 63.7 Å². The van der Waals surface area contributed by atoms with Crippen molar-refractivity contribution < 1.29 is 9.53 Å². The summed E-state index contributed by atoms with van der Waals surface area (Å²) >= 11 is 0. The molecule has 0 aliphatic carbocycles. The van der Waals surface area contributed by atoms with Crippen molar-refractivity contribution in [2.75, 3.05) is 51.8 Å². The predicted molar refractivity (Wildman–Crippen MR) is 104 cm³/mol. The number of carbonyl (C=O) groups excluding carboxylic acids is 1. The molecule has 7 heteroatoms. The lowest BCUT2D eigenvalue weighted by Crippen LogP contribution is -2.52. The number of hydrogen-bond donors (Lipinski definition) is 1. The fourth-order valence-corrected chi connectivity index (χ4v) is 2.53. The number of benzene rings is 1. The molecule has 0 unspecified atom stereocenters. The first-order valence-electron chi connectivity index (χ1n) is 7.57. The van der Waals surface area contributed by atoms with Gasteiger partial charge in [0.05, 0.1) is 13.5 Å². The number of ether oxygens (including phenoxy) is 1. The number of anilines is 1. The maximum atomic E-state index is 11.1. The molecule has 1 heterocycles. The number of guanidine groups is 1. The third-order valence-electron chi connectivity index (χ3n) is 3.75. The van der Waals surface area contributed by atoms with Gasteiger partial charge in [-0.05, 0) is 12.1 Å². The van der Waals surface area contributed by atoms with E-state index in [1.807, 2.05) is 6.07 Å². The fraction of sp³-hybridized carbons (Fsp3) is 0.500. The molecule has 6 nitrogen and oxygen atoms in total. The maximum Gasteiger partial charge on any atom is 0.307 e. The number of piperazine rings is 1. The summed E-state index contributed by atoms with van der Waals surface area (Å²) in [5, 5.41) is 3.22. The SMILES string of the molecule is CN=C(NCCC(=O)OC)N1CCN(c2ccccc2)CC1.I. The number of rotatable bonds is 4. The Labute approximate surface area is 154 Å². The molecule has 23 heavy (non-hydrogen) atoms. The number of halogens is 1. The highest BCUT2D eigenvalue weighted by Crippen LogP contribution is 2.15. The molecule has 1 saturated heterocycles. The fourth-order valence-electron chi connectivity index (χ4n) is 2.53. The van der Waals surface area contributed by atoms with Gasteiger partial charge in [-0.15, -0.1) is 24.0 Å². The number of hydrogen-bond acceptors (Lipinski definition) is 4. The van der Waals surface area contributed by atoms with E-state index in [4.69, 9.17) is 0 Å². The van der Waals surface area contributed by atoms with Crippen molar-refractivity contribution in [3.8, 4) is 0 Å². The van der Waals surface area contributed by atoms with Crippen LogP contribution < -0.4 is 10.2 Å². The average molecular weight is 432 g/mol. The summed E-state index contributed by atoms with van der Waals surface area (Å²) in [4.78, 5) is 20.0. The molecule has 0 atom stereocenters. The number of para-hydroxylation sites is 1. The van der Waals surface area contributed by atoms with E-state index in [2.05, 4.69) is 49.1 Å². The van der Waals surface area contributed by atoms with E-state index in [9.17, 15) is 4.79 Å². The van der Waals surface area contributed by atoms with Gasteiger partial charge >= 0.3 is 5.97 Å². The zero-order valence-corrected chi connectivity index (χ0v) is 16.0. The summed E-state index contributed by atoms with van der Waals surface area (Å²) in [5.74, 6) is 0.633. The minimum absolute atomic E-state index is 0. The van der Waals surface area contributed by atoms with Crippen LogP contribution in [0.25, 0.3) is 0 Å². The molecule has 1 fully saturated rings. The van der Waals surface area contributed by atoms with E-state index in [-0.39, 0.29) is 29.9 Å². The smallest absolute Gasteiger partial charge is 0.307 e. The average Bonchev–Trinajstić information content (AvgIpc) is 2.59. The quantitative estimate of drug-likeness (QED) is 0.339. The number of nitrogens with one attached hydrogen (secondary N) is 1. The number of carbonyl (C=O) groups is 1. The van der Waals surface area contributed by atoms with Crippen molar-refractivity contribution in [3.63, 3.8) is 0 Å². The van der Waals surface area contributed by atoms with Gasteiger partial charge < -0.3 is 19.9 Å². The van der Waals surface area contributed by atoms with Gasteiger partial charge in [0.25, 0.3) is 0 Å². The van der Waals surface area contributed by atoms with Crippen LogP contribution in [0.15, 0.2) is 35.3 Å². The summed E-state index contributed by atoms with van der Waals surface area (Å²) in [6.07, 6.45) is 0.347. The van der Waals surface area contributed by atoms with E-state index in [0.29, 0.717) is 13.0 Å². The summed E-state index contributed by atoms with van der Waals surface area (Å²) in [6, 6.07) is 10.4. The number of methoxy groups -OCH3 is 1. The van der Waals surface area contributed by atoms with Crippen LogP contribution in [0.3, 0.4) is 0 Å². The Morgan fingerprint density at radius 3 is 2.43 bits per heavy atom. The predicted octanol–water partition coefficient (Wildman–Crippen LogP) is 1.57. The van der Waals surface area contributed by atoms with Crippen LogP contribution in [0.4, 0.5) is 5.69 Å². The summed E-state index contributed by atoms with van der Waals surface area (Å²) in [7, 11) is 3.17. The Morgan fingerprint density at radius 2 is 1.87 bits per heavy atom. The van der Waals surface area contributed by atoms with Crippen LogP contribution in [-0.2, 0) is 9.53 Å². The normalized spacial score (nSPS) is 15.0.